The number of nitrogen functional groups attached to an aromatic ring is 1. The van der Waals surface area contributed by atoms with Crippen LogP contribution in [0.5, 0.6) is 0 Å². The Hall–Kier alpha value is -1.62. The Morgan fingerprint density at radius 1 is 1.33 bits per heavy atom. The molecule has 0 radical (unpaired) electrons. The van der Waals surface area contributed by atoms with Crippen LogP contribution in [0.1, 0.15) is 0 Å². The number of hydrogen-bond acceptors (Lipinski definition) is 4. The molecule has 0 bridgehead atoms. The van der Waals surface area contributed by atoms with Crippen molar-refractivity contribution in [3.63, 3.8) is 0 Å². The van der Waals surface area contributed by atoms with Crippen molar-refractivity contribution >= 4 is 23.1 Å². The average molecular weight is 260 g/mol. The van der Waals surface area contributed by atoms with Gasteiger partial charge in [0.05, 0.1) is 12.2 Å². The highest BCUT2D eigenvalue weighted by molar-refractivity contribution is 7.99. The van der Waals surface area contributed by atoms with Crippen molar-refractivity contribution in [2.75, 3.05) is 29.5 Å². The minimum Gasteiger partial charge on any atom is -0.399 e. The van der Waals surface area contributed by atoms with Gasteiger partial charge in [-0.25, -0.2) is 0 Å². The van der Waals surface area contributed by atoms with Crippen LogP contribution in [0.15, 0.2) is 41.6 Å². The standard InChI is InChI=1S/C13H16N4S/c14-11-2-3-13-12(10-11)16(8-9-18-13)6-7-17-5-1-4-15-17/h1-5,10H,6-9,14H2. The number of aromatic nitrogens is 2. The Morgan fingerprint density at radius 2 is 2.28 bits per heavy atom. The lowest BCUT2D eigenvalue weighted by atomic mass is 10.2. The number of fused-ring (bicyclic) bond motifs is 1. The summed E-state index contributed by atoms with van der Waals surface area (Å²) in [6, 6.07) is 8.13. The zero-order valence-electron chi connectivity index (χ0n) is 10.1. The summed E-state index contributed by atoms with van der Waals surface area (Å²) in [6.07, 6.45) is 3.82. The van der Waals surface area contributed by atoms with E-state index in [1.807, 2.05) is 41.0 Å². The average Bonchev–Trinajstić information content (AvgIpc) is 2.89. The van der Waals surface area contributed by atoms with E-state index in [2.05, 4.69) is 22.1 Å². The smallest absolute Gasteiger partial charge is 0.0584 e. The molecule has 0 unspecified atom stereocenters. The Balaban J connectivity index is 1.76. The molecular weight excluding hydrogens is 244 g/mol. The predicted octanol–water partition coefficient (Wildman–Crippen LogP) is 2.08. The molecule has 2 N–H and O–H groups in total. The van der Waals surface area contributed by atoms with Gasteiger partial charge in [0.25, 0.3) is 0 Å². The van der Waals surface area contributed by atoms with Crippen LogP contribution in [0.3, 0.4) is 0 Å². The lowest BCUT2D eigenvalue weighted by molar-refractivity contribution is 0.598. The number of benzene rings is 1. The van der Waals surface area contributed by atoms with Crippen LogP contribution in [0, 0.1) is 0 Å². The Bertz CT molecular complexity index is 524. The summed E-state index contributed by atoms with van der Waals surface area (Å²) in [5.74, 6) is 1.13. The second-order valence-electron chi connectivity index (χ2n) is 4.33. The van der Waals surface area contributed by atoms with Crippen molar-refractivity contribution in [1.29, 1.82) is 0 Å². The van der Waals surface area contributed by atoms with Crippen LogP contribution in [0.2, 0.25) is 0 Å². The summed E-state index contributed by atoms with van der Waals surface area (Å²) in [4.78, 5) is 3.72. The molecule has 1 aliphatic rings. The summed E-state index contributed by atoms with van der Waals surface area (Å²) < 4.78 is 1.97. The molecule has 0 saturated carbocycles. The van der Waals surface area contributed by atoms with Gasteiger partial charge in [0.15, 0.2) is 0 Å². The lowest BCUT2D eigenvalue weighted by Gasteiger charge is -2.31. The van der Waals surface area contributed by atoms with Gasteiger partial charge in [-0.3, -0.25) is 4.68 Å². The monoisotopic (exact) mass is 260 g/mol. The van der Waals surface area contributed by atoms with E-state index in [1.165, 1.54) is 10.6 Å². The molecule has 0 aliphatic carbocycles. The topological polar surface area (TPSA) is 47.1 Å². The maximum atomic E-state index is 5.88. The molecule has 2 aromatic rings. The van der Waals surface area contributed by atoms with E-state index in [0.717, 1.165) is 31.1 Å². The normalized spacial score (nSPS) is 14.6. The van der Waals surface area contributed by atoms with E-state index >= 15 is 0 Å². The van der Waals surface area contributed by atoms with Crippen molar-refractivity contribution in [3.8, 4) is 0 Å². The molecule has 3 rings (SSSR count). The minimum absolute atomic E-state index is 0.834. The number of rotatable bonds is 3. The molecule has 4 nitrogen and oxygen atoms in total. The molecule has 0 fully saturated rings. The fourth-order valence-corrected chi connectivity index (χ4v) is 3.21. The quantitative estimate of drug-likeness (QED) is 0.858. The first kappa shape index (κ1) is 11.5. The predicted molar refractivity (Wildman–Crippen MR) is 76.0 cm³/mol. The zero-order valence-corrected chi connectivity index (χ0v) is 10.9. The first-order chi connectivity index (χ1) is 8.83. The van der Waals surface area contributed by atoms with E-state index in [4.69, 9.17) is 5.73 Å². The molecule has 1 aromatic heterocycles. The van der Waals surface area contributed by atoms with Crippen molar-refractivity contribution < 1.29 is 0 Å². The molecule has 1 aliphatic heterocycles. The third kappa shape index (κ3) is 2.31. The van der Waals surface area contributed by atoms with Crippen molar-refractivity contribution in [3.05, 3.63) is 36.7 Å². The van der Waals surface area contributed by atoms with Gasteiger partial charge in [0, 0.05) is 41.8 Å². The van der Waals surface area contributed by atoms with Crippen LogP contribution in [0.4, 0.5) is 11.4 Å². The molecule has 18 heavy (non-hydrogen) atoms. The highest BCUT2D eigenvalue weighted by atomic mass is 32.2. The number of anilines is 2. The largest absolute Gasteiger partial charge is 0.399 e. The molecule has 5 heteroatoms. The van der Waals surface area contributed by atoms with Gasteiger partial charge >= 0.3 is 0 Å². The third-order valence-electron chi connectivity index (χ3n) is 3.10. The van der Waals surface area contributed by atoms with Crippen LogP contribution >= 0.6 is 11.8 Å². The molecule has 94 valence electrons. The van der Waals surface area contributed by atoms with Crippen molar-refractivity contribution in [1.82, 2.24) is 9.78 Å². The van der Waals surface area contributed by atoms with Crippen LogP contribution in [0.25, 0.3) is 0 Å². The maximum Gasteiger partial charge on any atom is 0.0584 e. The molecule has 0 amide bonds. The minimum atomic E-state index is 0.834. The van der Waals surface area contributed by atoms with Gasteiger partial charge in [0.1, 0.15) is 0 Å². The molecule has 0 saturated heterocycles. The first-order valence-electron chi connectivity index (χ1n) is 6.07. The molecule has 0 spiro atoms. The third-order valence-corrected chi connectivity index (χ3v) is 4.14. The molecule has 1 aromatic carbocycles. The van der Waals surface area contributed by atoms with Crippen molar-refractivity contribution in [2.24, 2.45) is 0 Å². The van der Waals surface area contributed by atoms with Gasteiger partial charge < -0.3 is 10.6 Å². The van der Waals surface area contributed by atoms with Crippen LogP contribution < -0.4 is 10.6 Å². The van der Waals surface area contributed by atoms with E-state index in [0.29, 0.717) is 0 Å². The lowest BCUT2D eigenvalue weighted by Crippen LogP contribution is -2.32. The highest BCUT2D eigenvalue weighted by Gasteiger charge is 2.17. The Morgan fingerprint density at radius 3 is 3.11 bits per heavy atom. The second-order valence-corrected chi connectivity index (χ2v) is 5.47. The van der Waals surface area contributed by atoms with Gasteiger partial charge in [0.2, 0.25) is 0 Å². The summed E-state index contributed by atoms with van der Waals surface area (Å²) in [5, 5.41) is 4.23. The van der Waals surface area contributed by atoms with Gasteiger partial charge in [-0.1, -0.05) is 0 Å². The van der Waals surface area contributed by atoms with E-state index in [1.54, 1.807) is 0 Å². The van der Waals surface area contributed by atoms with Gasteiger partial charge in [-0.05, 0) is 24.3 Å². The second kappa shape index (κ2) is 4.94. The number of nitrogens with zero attached hydrogens (tertiary/aromatic N) is 3. The number of thioether (sulfide) groups is 1. The maximum absolute atomic E-state index is 5.88. The van der Waals surface area contributed by atoms with E-state index in [9.17, 15) is 0 Å². The summed E-state index contributed by atoms with van der Waals surface area (Å²) >= 11 is 1.90. The highest BCUT2D eigenvalue weighted by Crippen LogP contribution is 2.35. The Kier molecular flexibility index (Phi) is 3.15. The van der Waals surface area contributed by atoms with E-state index < -0.39 is 0 Å². The fourth-order valence-electron chi connectivity index (χ4n) is 2.18. The number of hydrogen-bond donors (Lipinski definition) is 1. The fraction of sp³-hybridized carbons (Fsp3) is 0.308. The first-order valence-corrected chi connectivity index (χ1v) is 7.06. The zero-order chi connectivity index (χ0) is 12.4. The van der Waals surface area contributed by atoms with Crippen LogP contribution in [-0.2, 0) is 6.54 Å². The number of nitrogens with two attached hydrogens (primary N) is 1. The van der Waals surface area contributed by atoms with E-state index in [-0.39, 0.29) is 0 Å². The van der Waals surface area contributed by atoms with Gasteiger partial charge in [-0.2, -0.15) is 5.10 Å². The molecular formula is C13H16N4S. The van der Waals surface area contributed by atoms with Crippen molar-refractivity contribution in [2.45, 2.75) is 11.4 Å². The van der Waals surface area contributed by atoms with Crippen LogP contribution in [-0.4, -0.2) is 28.6 Å². The SMILES string of the molecule is Nc1ccc2c(c1)N(CCn1cccn1)CCS2. The summed E-state index contributed by atoms with van der Waals surface area (Å²) in [5.41, 5.74) is 7.98. The summed E-state index contributed by atoms with van der Waals surface area (Å²) in [6.45, 7) is 2.95. The summed E-state index contributed by atoms with van der Waals surface area (Å²) in [7, 11) is 0. The molecule has 0 atom stereocenters. The van der Waals surface area contributed by atoms with Gasteiger partial charge in [-0.15, -0.1) is 11.8 Å². The Labute approximate surface area is 111 Å². The molecule has 2 heterocycles.